The molecule has 2 aromatic rings. The molecule has 0 saturated heterocycles. The van der Waals surface area contributed by atoms with E-state index < -0.39 is 0 Å². The van der Waals surface area contributed by atoms with Crippen molar-refractivity contribution in [3.8, 4) is 0 Å². The number of halogens is 1. The Bertz CT molecular complexity index is 636. The van der Waals surface area contributed by atoms with Gasteiger partial charge in [-0.05, 0) is 34.6 Å². The summed E-state index contributed by atoms with van der Waals surface area (Å²) in [6, 6.07) is 1.82. The summed E-state index contributed by atoms with van der Waals surface area (Å²) >= 11 is 4.72. The Morgan fingerprint density at radius 2 is 2.21 bits per heavy atom. The predicted molar refractivity (Wildman–Crippen MR) is 76.5 cm³/mol. The zero-order valence-electron chi connectivity index (χ0n) is 10.8. The summed E-state index contributed by atoms with van der Waals surface area (Å²) in [7, 11) is 0. The number of aromatic amines is 1. The van der Waals surface area contributed by atoms with Gasteiger partial charge in [-0.1, -0.05) is 13.8 Å². The van der Waals surface area contributed by atoms with Crippen molar-refractivity contribution < 1.29 is 0 Å². The standard InChI is InChI=1S/C11H14BrN5OS/c1-4-17-10(18)15-16-11(17)19-8-5-7(12)13-9(14-8)6(2)3/h5-6H,4H2,1-3H3,(H,15,18). The Balaban J connectivity index is 2.35. The second kappa shape index (κ2) is 5.87. The average Bonchev–Trinajstić information content (AvgIpc) is 2.69. The summed E-state index contributed by atoms with van der Waals surface area (Å²) in [5.74, 6) is 1.00. The summed E-state index contributed by atoms with van der Waals surface area (Å²) in [4.78, 5) is 20.3. The SMILES string of the molecule is CCn1c(Sc2cc(Br)nc(C(C)C)n2)n[nH]c1=O. The monoisotopic (exact) mass is 343 g/mol. The lowest BCUT2D eigenvalue weighted by molar-refractivity contribution is 0.659. The lowest BCUT2D eigenvalue weighted by atomic mass is 10.2. The molecule has 0 saturated carbocycles. The molecule has 6 nitrogen and oxygen atoms in total. The molecule has 0 spiro atoms. The van der Waals surface area contributed by atoms with Crippen LogP contribution in [0.3, 0.4) is 0 Å². The summed E-state index contributed by atoms with van der Waals surface area (Å²) in [5, 5.41) is 7.81. The molecule has 0 fully saturated rings. The average molecular weight is 344 g/mol. The molecule has 0 bridgehead atoms. The van der Waals surface area contributed by atoms with Gasteiger partial charge in [0.2, 0.25) is 0 Å². The Morgan fingerprint density at radius 1 is 1.47 bits per heavy atom. The van der Waals surface area contributed by atoms with Gasteiger partial charge in [0.1, 0.15) is 15.5 Å². The summed E-state index contributed by atoms with van der Waals surface area (Å²) in [5.41, 5.74) is -0.206. The second-order valence-electron chi connectivity index (χ2n) is 4.20. The van der Waals surface area contributed by atoms with E-state index in [1.54, 1.807) is 4.57 Å². The van der Waals surface area contributed by atoms with Crippen molar-refractivity contribution in [2.75, 3.05) is 0 Å². The molecule has 0 aliphatic rings. The highest BCUT2D eigenvalue weighted by molar-refractivity contribution is 9.10. The van der Waals surface area contributed by atoms with Crippen LogP contribution in [-0.2, 0) is 6.54 Å². The molecular formula is C11H14BrN5OS. The molecule has 1 N–H and O–H groups in total. The highest BCUT2D eigenvalue weighted by Crippen LogP contribution is 2.26. The topological polar surface area (TPSA) is 76.5 Å². The number of aromatic nitrogens is 5. The van der Waals surface area contributed by atoms with Crippen LogP contribution in [0.2, 0.25) is 0 Å². The zero-order valence-corrected chi connectivity index (χ0v) is 13.2. The van der Waals surface area contributed by atoms with Crippen molar-refractivity contribution in [2.45, 2.75) is 43.4 Å². The van der Waals surface area contributed by atoms with Crippen molar-refractivity contribution in [3.05, 3.63) is 27.0 Å². The van der Waals surface area contributed by atoms with Gasteiger partial charge < -0.3 is 0 Å². The molecule has 2 rings (SSSR count). The van der Waals surface area contributed by atoms with Gasteiger partial charge in [0, 0.05) is 18.5 Å². The van der Waals surface area contributed by atoms with Crippen molar-refractivity contribution in [3.63, 3.8) is 0 Å². The molecule has 0 aliphatic carbocycles. The summed E-state index contributed by atoms with van der Waals surface area (Å²) in [6.45, 7) is 6.54. The molecule has 0 radical (unpaired) electrons. The molecular weight excluding hydrogens is 330 g/mol. The lowest BCUT2D eigenvalue weighted by Crippen LogP contribution is -2.16. The van der Waals surface area contributed by atoms with Crippen molar-refractivity contribution in [1.82, 2.24) is 24.7 Å². The molecule has 0 unspecified atom stereocenters. The fourth-order valence-electron chi connectivity index (χ4n) is 1.48. The van der Waals surface area contributed by atoms with Gasteiger partial charge >= 0.3 is 5.69 Å². The van der Waals surface area contributed by atoms with Crippen LogP contribution in [0.1, 0.15) is 32.5 Å². The molecule has 0 aromatic carbocycles. The zero-order chi connectivity index (χ0) is 14.0. The number of hydrogen-bond acceptors (Lipinski definition) is 5. The van der Waals surface area contributed by atoms with E-state index in [4.69, 9.17) is 0 Å². The van der Waals surface area contributed by atoms with E-state index >= 15 is 0 Å². The molecule has 2 aromatic heterocycles. The van der Waals surface area contributed by atoms with E-state index in [1.165, 1.54) is 11.8 Å². The first-order valence-electron chi connectivity index (χ1n) is 5.88. The molecule has 19 heavy (non-hydrogen) atoms. The third-order valence-corrected chi connectivity index (χ3v) is 3.76. The van der Waals surface area contributed by atoms with Crippen LogP contribution in [0.4, 0.5) is 0 Å². The largest absolute Gasteiger partial charge is 0.343 e. The third kappa shape index (κ3) is 3.24. The van der Waals surface area contributed by atoms with Gasteiger partial charge in [0.05, 0.1) is 0 Å². The van der Waals surface area contributed by atoms with Gasteiger partial charge in [0.15, 0.2) is 5.16 Å². The maximum Gasteiger partial charge on any atom is 0.343 e. The molecule has 8 heteroatoms. The summed E-state index contributed by atoms with van der Waals surface area (Å²) < 4.78 is 2.30. The number of rotatable bonds is 4. The van der Waals surface area contributed by atoms with Gasteiger partial charge in [-0.25, -0.2) is 19.9 Å². The quantitative estimate of drug-likeness (QED) is 0.862. The minimum absolute atomic E-state index is 0.206. The van der Waals surface area contributed by atoms with E-state index in [0.29, 0.717) is 11.7 Å². The number of H-pyrrole nitrogens is 1. The molecule has 2 heterocycles. The number of nitrogens with one attached hydrogen (secondary N) is 1. The fraction of sp³-hybridized carbons (Fsp3) is 0.455. The highest BCUT2D eigenvalue weighted by Gasteiger charge is 2.12. The molecule has 0 amide bonds. The van der Waals surface area contributed by atoms with Crippen LogP contribution in [0.25, 0.3) is 0 Å². The predicted octanol–water partition coefficient (Wildman–Crippen LogP) is 2.42. The van der Waals surface area contributed by atoms with Crippen LogP contribution < -0.4 is 5.69 Å². The van der Waals surface area contributed by atoms with Gasteiger partial charge in [0.25, 0.3) is 0 Å². The minimum atomic E-state index is -0.206. The first-order valence-corrected chi connectivity index (χ1v) is 7.49. The smallest absolute Gasteiger partial charge is 0.270 e. The first-order chi connectivity index (χ1) is 9.01. The second-order valence-corrected chi connectivity index (χ2v) is 6.00. The van der Waals surface area contributed by atoms with Crippen LogP contribution in [0.15, 0.2) is 25.6 Å². The van der Waals surface area contributed by atoms with Gasteiger partial charge in [-0.15, -0.1) is 5.10 Å². The number of nitrogens with zero attached hydrogens (tertiary/aromatic N) is 4. The Kier molecular flexibility index (Phi) is 4.41. The van der Waals surface area contributed by atoms with Crippen LogP contribution in [0, 0.1) is 0 Å². The van der Waals surface area contributed by atoms with Crippen LogP contribution in [0.5, 0.6) is 0 Å². The van der Waals surface area contributed by atoms with Gasteiger partial charge in [-0.2, -0.15) is 0 Å². The first kappa shape index (κ1) is 14.3. The minimum Gasteiger partial charge on any atom is -0.270 e. The molecule has 0 aliphatic heterocycles. The van der Waals surface area contributed by atoms with Crippen LogP contribution >= 0.6 is 27.7 Å². The maximum absolute atomic E-state index is 11.5. The maximum atomic E-state index is 11.5. The van der Waals surface area contributed by atoms with Crippen molar-refractivity contribution >= 4 is 27.7 Å². The fourth-order valence-corrected chi connectivity index (χ4v) is 2.94. The van der Waals surface area contributed by atoms with E-state index in [1.807, 2.05) is 26.8 Å². The Morgan fingerprint density at radius 3 is 2.84 bits per heavy atom. The summed E-state index contributed by atoms with van der Waals surface area (Å²) in [6.07, 6.45) is 0. The van der Waals surface area contributed by atoms with E-state index in [9.17, 15) is 4.79 Å². The van der Waals surface area contributed by atoms with Crippen molar-refractivity contribution in [1.29, 1.82) is 0 Å². The van der Waals surface area contributed by atoms with E-state index in [2.05, 4.69) is 36.1 Å². The molecule has 0 atom stereocenters. The highest BCUT2D eigenvalue weighted by atomic mass is 79.9. The lowest BCUT2D eigenvalue weighted by Gasteiger charge is -2.07. The van der Waals surface area contributed by atoms with Crippen LogP contribution in [-0.4, -0.2) is 24.7 Å². The van der Waals surface area contributed by atoms with E-state index in [0.717, 1.165) is 15.5 Å². The third-order valence-electron chi connectivity index (χ3n) is 2.44. The van der Waals surface area contributed by atoms with E-state index in [-0.39, 0.29) is 11.6 Å². The number of hydrogen-bond donors (Lipinski definition) is 1. The Hall–Kier alpha value is -1.15. The molecule has 102 valence electrons. The normalized spacial score (nSPS) is 11.2. The van der Waals surface area contributed by atoms with Gasteiger partial charge in [-0.3, -0.25) is 4.57 Å². The van der Waals surface area contributed by atoms with Crippen molar-refractivity contribution in [2.24, 2.45) is 0 Å². The Labute approximate surface area is 123 Å².